The Hall–Kier alpha value is -0.490. The summed E-state index contributed by atoms with van der Waals surface area (Å²) in [5, 5.41) is 9.82. The maximum Gasteiger partial charge on any atom is 0.0962 e. The van der Waals surface area contributed by atoms with Gasteiger partial charge in [0.25, 0.3) is 0 Å². The molecule has 0 N–H and O–H groups in total. The topological polar surface area (TPSA) is 23.8 Å². The van der Waals surface area contributed by atoms with Crippen molar-refractivity contribution in [2.75, 3.05) is 0 Å². The first-order valence-electron chi connectivity index (χ1n) is 4.34. The standard InChI is InChI=1S/C11H8BrCl2N/c1-2-7(6-15)11(14)9-4-3-8(12)5-10(9)13/h3-5H,2H2,1H3. The minimum atomic E-state index is 0.428. The van der Waals surface area contributed by atoms with Crippen molar-refractivity contribution in [1.29, 1.82) is 5.26 Å². The molecule has 78 valence electrons. The predicted octanol–water partition coefficient (Wildman–Crippen LogP) is 4.99. The molecule has 0 aliphatic carbocycles. The summed E-state index contributed by atoms with van der Waals surface area (Å²) in [6.07, 6.45) is 0.599. The van der Waals surface area contributed by atoms with E-state index in [-0.39, 0.29) is 0 Å². The van der Waals surface area contributed by atoms with Gasteiger partial charge in [-0.3, -0.25) is 0 Å². The van der Waals surface area contributed by atoms with Crippen LogP contribution in [0.4, 0.5) is 0 Å². The number of allylic oxidation sites excluding steroid dienone is 1. The maximum atomic E-state index is 8.86. The molecule has 0 unspecified atom stereocenters. The van der Waals surface area contributed by atoms with Crippen LogP contribution in [0.2, 0.25) is 5.02 Å². The van der Waals surface area contributed by atoms with Gasteiger partial charge in [-0.05, 0) is 18.6 Å². The maximum absolute atomic E-state index is 8.86. The zero-order valence-corrected chi connectivity index (χ0v) is 11.1. The molecule has 15 heavy (non-hydrogen) atoms. The highest BCUT2D eigenvalue weighted by Gasteiger charge is 2.09. The van der Waals surface area contributed by atoms with Gasteiger partial charge in [-0.1, -0.05) is 52.1 Å². The van der Waals surface area contributed by atoms with Crippen molar-refractivity contribution in [3.05, 3.63) is 38.8 Å². The monoisotopic (exact) mass is 303 g/mol. The van der Waals surface area contributed by atoms with Crippen molar-refractivity contribution in [2.24, 2.45) is 0 Å². The van der Waals surface area contributed by atoms with E-state index in [1.807, 2.05) is 13.0 Å². The molecule has 4 heteroatoms. The Morgan fingerprint density at radius 2 is 2.20 bits per heavy atom. The van der Waals surface area contributed by atoms with E-state index in [2.05, 4.69) is 22.0 Å². The van der Waals surface area contributed by atoms with E-state index < -0.39 is 0 Å². The number of nitriles is 1. The van der Waals surface area contributed by atoms with Crippen LogP contribution < -0.4 is 0 Å². The molecule has 0 saturated heterocycles. The normalized spacial score (nSPS) is 11.9. The fourth-order valence-electron chi connectivity index (χ4n) is 1.11. The van der Waals surface area contributed by atoms with Gasteiger partial charge in [0.05, 0.1) is 16.1 Å². The third-order valence-electron chi connectivity index (χ3n) is 1.92. The highest BCUT2D eigenvalue weighted by Crippen LogP contribution is 2.32. The first-order chi connectivity index (χ1) is 7.10. The third-order valence-corrected chi connectivity index (χ3v) is 3.16. The summed E-state index contributed by atoms with van der Waals surface area (Å²) < 4.78 is 0.885. The molecule has 0 aromatic heterocycles. The van der Waals surface area contributed by atoms with Crippen LogP contribution >= 0.6 is 39.1 Å². The first kappa shape index (κ1) is 12.6. The molecule has 1 nitrogen and oxygen atoms in total. The van der Waals surface area contributed by atoms with E-state index in [0.29, 0.717) is 27.6 Å². The lowest BCUT2D eigenvalue weighted by Crippen LogP contribution is -1.85. The van der Waals surface area contributed by atoms with Crippen molar-refractivity contribution in [2.45, 2.75) is 13.3 Å². The summed E-state index contributed by atoms with van der Waals surface area (Å²) in [4.78, 5) is 0. The summed E-state index contributed by atoms with van der Waals surface area (Å²) >= 11 is 15.4. The Labute approximate surface area is 107 Å². The highest BCUT2D eigenvalue weighted by molar-refractivity contribution is 9.10. The van der Waals surface area contributed by atoms with Crippen LogP contribution in [0.25, 0.3) is 5.03 Å². The minimum Gasteiger partial charge on any atom is -0.193 e. The Kier molecular flexibility index (Phi) is 4.66. The number of rotatable bonds is 2. The van der Waals surface area contributed by atoms with Gasteiger partial charge in [-0.25, -0.2) is 0 Å². The Bertz CT molecular complexity index is 446. The molecule has 1 aromatic carbocycles. The smallest absolute Gasteiger partial charge is 0.0962 e. The largest absolute Gasteiger partial charge is 0.193 e. The summed E-state index contributed by atoms with van der Waals surface area (Å²) in [7, 11) is 0. The molecule has 0 bridgehead atoms. The molecule has 0 aliphatic heterocycles. The van der Waals surface area contributed by atoms with E-state index in [9.17, 15) is 0 Å². The molecule has 0 saturated carbocycles. The van der Waals surface area contributed by atoms with Gasteiger partial charge in [0.1, 0.15) is 0 Å². The Morgan fingerprint density at radius 1 is 1.53 bits per heavy atom. The van der Waals surface area contributed by atoms with Gasteiger partial charge in [0, 0.05) is 15.6 Å². The van der Waals surface area contributed by atoms with Gasteiger partial charge in [-0.15, -0.1) is 0 Å². The van der Waals surface area contributed by atoms with E-state index in [0.717, 1.165) is 4.47 Å². The van der Waals surface area contributed by atoms with E-state index >= 15 is 0 Å². The number of nitrogens with zero attached hydrogens (tertiary/aromatic N) is 1. The van der Waals surface area contributed by atoms with Crippen LogP contribution in [0.15, 0.2) is 28.2 Å². The van der Waals surface area contributed by atoms with Crippen molar-refractivity contribution in [1.82, 2.24) is 0 Å². The molecule has 0 spiro atoms. The molecule has 1 rings (SSSR count). The molecular weight excluding hydrogens is 297 g/mol. The lowest BCUT2D eigenvalue weighted by Gasteiger charge is -2.05. The zero-order chi connectivity index (χ0) is 11.4. The van der Waals surface area contributed by atoms with E-state index in [1.165, 1.54) is 0 Å². The number of halogens is 3. The quantitative estimate of drug-likeness (QED) is 0.706. The second kappa shape index (κ2) is 5.55. The molecule has 0 atom stereocenters. The molecule has 0 aliphatic rings. The van der Waals surface area contributed by atoms with Crippen molar-refractivity contribution in [3.63, 3.8) is 0 Å². The van der Waals surface area contributed by atoms with Gasteiger partial charge in [-0.2, -0.15) is 5.26 Å². The molecule has 0 radical (unpaired) electrons. The SMILES string of the molecule is CCC(C#N)=C(Cl)c1ccc(Br)cc1Cl. The fourth-order valence-corrected chi connectivity index (χ4v) is 2.27. The molecule has 1 aromatic rings. The molecule has 0 fully saturated rings. The second-order valence-corrected chi connectivity index (χ2v) is 4.58. The summed E-state index contributed by atoms with van der Waals surface area (Å²) in [5.41, 5.74) is 1.24. The van der Waals surface area contributed by atoms with Crippen molar-refractivity contribution < 1.29 is 0 Å². The van der Waals surface area contributed by atoms with Crippen LogP contribution in [0.3, 0.4) is 0 Å². The van der Waals surface area contributed by atoms with Gasteiger partial charge in [0.15, 0.2) is 0 Å². The van der Waals surface area contributed by atoms with Gasteiger partial charge in [0.2, 0.25) is 0 Å². The molecule has 0 heterocycles. The van der Waals surface area contributed by atoms with Crippen LogP contribution in [0.5, 0.6) is 0 Å². The summed E-state index contributed by atoms with van der Waals surface area (Å²) in [5.74, 6) is 0. The number of benzene rings is 1. The van der Waals surface area contributed by atoms with Crippen LogP contribution in [0, 0.1) is 11.3 Å². The van der Waals surface area contributed by atoms with Crippen LogP contribution in [0.1, 0.15) is 18.9 Å². The van der Waals surface area contributed by atoms with E-state index in [4.69, 9.17) is 28.5 Å². The average molecular weight is 305 g/mol. The first-order valence-corrected chi connectivity index (χ1v) is 5.89. The van der Waals surface area contributed by atoms with Crippen LogP contribution in [-0.2, 0) is 0 Å². The van der Waals surface area contributed by atoms with Gasteiger partial charge >= 0.3 is 0 Å². The van der Waals surface area contributed by atoms with Crippen molar-refractivity contribution in [3.8, 4) is 6.07 Å². The summed E-state index contributed by atoms with van der Waals surface area (Å²) in [6.45, 7) is 1.88. The van der Waals surface area contributed by atoms with E-state index in [1.54, 1.807) is 12.1 Å². The lowest BCUT2D eigenvalue weighted by atomic mass is 10.1. The third kappa shape index (κ3) is 2.98. The van der Waals surface area contributed by atoms with Gasteiger partial charge < -0.3 is 0 Å². The zero-order valence-electron chi connectivity index (χ0n) is 8.02. The highest BCUT2D eigenvalue weighted by atomic mass is 79.9. The number of hydrogen-bond acceptors (Lipinski definition) is 1. The fraction of sp³-hybridized carbons (Fsp3) is 0.182. The minimum absolute atomic E-state index is 0.428. The average Bonchev–Trinajstić information content (AvgIpc) is 2.19. The molecule has 0 amide bonds. The predicted molar refractivity (Wildman–Crippen MR) is 67.8 cm³/mol. The Morgan fingerprint density at radius 3 is 2.67 bits per heavy atom. The van der Waals surface area contributed by atoms with Crippen LogP contribution in [-0.4, -0.2) is 0 Å². The summed E-state index contributed by atoms with van der Waals surface area (Å²) in [6, 6.07) is 7.46. The second-order valence-electron chi connectivity index (χ2n) is 2.88. The lowest BCUT2D eigenvalue weighted by molar-refractivity contribution is 1.16. The molecular formula is C11H8BrCl2N. The van der Waals surface area contributed by atoms with Crippen molar-refractivity contribution >= 4 is 44.2 Å². The Balaban J connectivity index is 3.29. The number of hydrogen-bond donors (Lipinski definition) is 0.